The molecule has 20 heavy (non-hydrogen) atoms. The van der Waals surface area contributed by atoms with Gasteiger partial charge in [-0.3, -0.25) is 20.4 Å². The molecule has 0 bridgehead atoms. The number of halogens is 1. The van der Waals surface area contributed by atoms with Crippen molar-refractivity contribution in [3.63, 3.8) is 0 Å². The Labute approximate surface area is 119 Å². The minimum Gasteiger partial charge on any atom is -0.273 e. The smallest absolute Gasteiger partial charge is 0.273 e. The van der Waals surface area contributed by atoms with Crippen LogP contribution in [0.4, 0.5) is 4.39 Å². The maximum absolute atomic E-state index is 12.7. The summed E-state index contributed by atoms with van der Waals surface area (Å²) in [5.74, 6) is -1.06. The fourth-order valence-corrected chi connectivity index (χ4v) is 2.44. The first kappa shape index (κ1) is 14.2. The van der Waals surface area contributed by atoms with Gasteiger partial charge in [0.1, 0.15) is 5.82 Å². The number of nitrogens with one attached hydrogen (secondary N) is 2. The topological polar surface area (TPSA) is 58.2 Å². The quantitative estimate of drug-likeness (QED) is 0.852. The van der Waals surface area contributed by atoms with E-state index in [1.54, 1.807) is 0 Å². The number of carbonyl (C=O) groups excluding carboxylic acids is 2. The van der Waals surface area contributed by atoms with E-state index >= 15 is 0 Å². The second kappa shape index (κ2) is 6.29. The summed E-state index contributed by atoms with van der Waals surface area (Å²) in [6.45, 7) is 1.83. The highest BCUT2D eigenvalue weighted by Gasteiger charge is 2.11. The van der Waals surface area contributed by atoms with Crippen molar-refractivity contribution in [2.24, 2.45) is 0 Å². The standard InChI is InChI=1S/C14H13FN2O2S/c1-9-6-7-20-13(9)14(19)17-16-12(18)8-10-2-4-11(15)5-3-10/h2-7H,8H2,1H3,(H,16,18)(H,17,19). The van der Waals surface area contributed by atoms with Crippen molar-refractivity contribution in [1.29, 1.82) is 0 Å². The Morgan fingerprint density at radius 1 is 1.15 bits per heavy atom. The van der Waals surface area contributed by atoms with E-state index in [9.17, 15) is 14.0 Å². The first-order valence-corrected chi connectivity index (χ1v) is 6.82. The molecule has 104 valence electrons. The van der Waals surface area contributed by atoms with Gasteiger partial charge >= 0.3 is 0 Å². The van der Waals surface area contributed by atoms with Crippen molar-refractivity contribution in [1.82, 2.24) is 10.9 Å². The van der Waals surface area contributed by atoms with Crippen molar-refractivity contribution in [3.8, 4) is 0 Å². The molecule has 0 aliphatic carbocycles. The van der Waals surface area contributed by atoms with E-state index < -0.39 is 0 Å². The SMILES string of the molecule is Cc1ccsc1C(=O)NNC(=O)Cc1ccc(F)cc1. The molecule has 4 nitrogen and oxygen atoms in total. The largest absolute Gasteiger partial charge is 0.280 e. The van der Waals surface area contributed by atoms with Gasteiger partial charge in [0.05, 0.1) is 11.3 Å². The van der Waals surface area contributed by atoms with E-state index in [0.717, 1.165) is 5.56 Å². The van der Waals surface area contributed by atoms with Crippen molar-refractivity contribution < 1.29 is 14.0 Å². The second-order valence-corrected chi connectivity index (χ2v) is 5.15. The number of hydrogen-bond acceptors (Lipinski definition) is 3. The molecule has 1 heterocycles. The number of carbonyl (C=O) groups is 2. The highest BCUT2D eigenvalue weighted by atomic mass is 32.1. The van der Waals surface area contributed by atoms with Crippen molar-refractivity contribution in [2.75, 3.05) is 0 Å². The van der Waals surface area contributed by atoms with Crippen LogP contribution in [0.15, 0.2) is 35.7 Å². The van der Waals surface area contributed by atoms with Gasteiger partial charge in [0.2, 0.25) is 5.91 Å². The van der Waals surface area contributed by atoms with E-state index in [1.165, 1.54) is 35.6 Å². The number of hydrazine groups is 1. The number of benzene rings is 1. The zero-order valence-electron chi connectivity index (χ0n) is 10.8. The Bertz CT molecular complexity index is 622. The van der Waals surface area contributed by atoms with Gasteiger partial charge in [0.25, 0.3) is 5.91 Å². The lowest BCUT2D eigenvalue weighted by Crippen LogP contribution is -2.42. The number of thiophene rings is 1. The highest BCUT2D eigenvalue weighted by Crippen LogP contribution is 2.14. The molecule has 2 amide bonds. The Hall–Kier alpha value is -2.21. The molecule has 0 aliphatic rings. The van der Waals surface area contributed by atoms with E-state index in [2.05, 4.69) is 10.9 Å². The van der Waals surface area contributed by atoms with Crippen molar-refractivity contribution in [2.45, 2.75) is 13.3 Å². The maximum Gasteiger partial charge on any atom is 0.280 e. The van der Waals surface area contributed by atoms with E-state index in [1.807, 2.05) is 18.4 Å². The maximum atomic E-state index is 12.7. The minimum atomic E-state index is -0.362. The molecule has 0 saturated carbocycles. The fourth-order valence-electron chi connectivity index (χ4n) is 1.62. The first-order chi connectivity index (χ1) is 9.56. The molecule has 1 aromatic heterocycles. The van der Waals surface area contributed by atoms with E-state index in [0.29, 0.717) is 10.4 Å². The van der Waals surface area contributed by atoms with Crippen LogP contribution >= 0.6 is 11.3 Å². The average molecular weight is 292 g/mol. The third-order valence-corrected chi connectivity index (χ3v) is 3.68. The Morgan fingerprint density at radius 3 is 2.45 bits per heavy atom. The van der Waals surface area contributed by atoms with Crippen LogP contribution in [-0.2, 0) is 11.2 Å². The average Bonchev–Trinajstić information content (AvgIpc) is 2.85. The second-order valence-electron chi connectivity index (χ2n) is 4.24. The van der Waals surface area contributed by atoms with Crippen LogP contribution in [0.1, 0.15) is 20.8 Å². The zero-order chi connectivity index (χ0) is 14.5. The number of amides is 2. The molecule has 0 radical (unpaired) electrons. The molecule has 0 spiro atoms. The predicted molar refractivity (Wildman–Crippen MR) is 74.8 cm³/mol. The van der Waals surface area contributed by atoms with Crippen molar-refractivity contribution in [3.05, 3.63) is 57.5 Å². The van der Waals surface area contributed by atoms with Gasteiger partial charge in [-0.1, -0.05) is 12.1 Å². The molecule has 6 heteroatoms. The third-order valence-electron chi connectivity index (χ3n) is 2.66. The van der Waals surface area contributed by atoms with Gasteiger partial charge < -0.3 is 0 Å². The fraction of sp³-hybridized carbons (Fsp3) is 0.143. The van der Waals surface area contributed by atoms with Crippen LogP contribution < -0.4 is 10.9 Å². The Morgan fingerprint density at radius 2 is 1.85 bits per heavy atom. The van der Waals surface area contributed by atoms with Crippen LogP contribution in [0.2, 0.25) is 0 Å². The number of aryl methyl sites for hydroxylation is 1. The predicted octanol–water partition coefficient (Wildman–Crippen LogP) is 2.20. The molecular weight excluding hydrogens is 279 g/mol. The molecule has 0 aliphatic heterocycles. The number of hydrogen-bond donors (Lipinski definition) is 2. The van der Waals surface area contributed by atoms with Crippen LogP contribution in [0.5, 0.6) is 0 Å². The summed E-state index contributed by atoms with van der Waals surface area (Å²) >= 11 is 1.31. The normalized spacial score (nSPS) is 10.1. The first-order valence-electron chi connectivity index (χ1n) is 5.94. The lowest BCUT2D eigenvalue weighted by atomic mass is 10.1. The highest BCUT2D eigenvalue weighted by molar-refractivity contribution is 7.12. The van der Waals surface area contributed by atoms with Gasteiger partial charge in [0.15, 0.2) is 0 Å². The summed E-state index contributed by atoms with van der Waals surface area (Å²) in [6.07, 6.45) is 0.0734. The molecule has 2 rings (SSSR count). The number of rotatable bonds is 3. The zero-order valence-corrected chi connectivity index (χ0v) is 11.6. The molecule has 0 fully saturated rings. The van der Waals surface area contributed by atoms with Gasteiger partial charge in [-0.05, 0) is 41.6 Å². The summed E-state index contributed by atoms with van der Waals surface area (Å²) in [4.78, 5) is 24.0. The lowest BCUT2D eigenvalue weighted by Gasteiger charge is -2.07. The summed E-state index contributed by atoms with van der Waals surface area (Å²) < 4.78 is 12.7. The summed E-state index contributed by atoms with van der Waals surface area (Å²) in [5.41, 5.74) is 6.22. The summed E-state index contributed by atoms with van der Waals surface area (Å²) in [7, 11) is 0. The summed E-state index contributed by atoms with van der Waals surface area (Å²) in [6, 6.07) is 7.46. The Balaban J connectivity index is 1.85. The minimum absolute atomic E-state index is 0.0734. The van der Waals surface area contributed by atoms with Crippen LogP contribution in [0.25, 0.3) is 0 Å². The van der Waals surface area contributed by atoms with E-state index in [4.69, 9.17) is 0 Å². The monoisotopic (exact) mass is 292 g/mol. The summed E-state index contributed by atoms with van der Waals surface area (Å²) in [5, 5.41) is 1.81. The van der Waals surface area contributed by atoms with Gasteiger partial charge in [-0.25, -0.2) is 4.39 Å². The molecule has 0 atom stereocenters. The van der Waals surface area contributed by atoms with Crippen molar-refractivity contribution >= 4 is 23.2 Å². The van der Waals surface area contributed by atoms with Gasteiger partial charge in [-0.15, -0.1) is 11.3 Å². The van der Waals surface area contributed by atoms with Crippen LogP contribution in [0.3, 0.4) is 0 Å². The molecule has 2 N–H and O–H groups in total. The molecule has 0 unspecified atom stereocenters. The molecule has 2 aromatic rings. The molecular formula is C14H13FN2O2S. The van der Waals surface area contributed by atoms with Crippen LogP contribution in [0, 0.1) is 12.7 Å². The lowest BCUT2D eigenvalue weighted by molar-refractivity contribution is -0.121. The van der Waals surface area contributed by atoms with Gasteiger partial charge in [0, 0.05) is 0 Å². The molecule has 0 saturated heterocycles. The van der Waals surface area contributed by atoms with Gasteiger partial charge in [-0.2, -0.15) is 0 Å². The third kappa shape index (κ3) is 3.64. The van der Waals surface area contributed by atoms with Crippen LogP contribution in [-0.4, -0.2) is 11.8 Å². The Kier molecular flexibility index (Phi) is 4.47. The molecule has 1 aromatic carbocycles. The van der Waals surface area contributed by atoms with E-state index in [-0.39, 0.29) is 24.1 Å².